The number of nitrogens with two attached hydrogens (primary N) is 1. The SMILES string of the molecule is NC[C@H](C(=O)O)c1cccnc1. The molecular weight excluding hydrogens is 156 g/mol. The summed E-state index contributed by atoms with van der Waals surface area (Å²) in [6.07, 6.45) is 3.12. The van der Waals surface area contributed by atoms with E-state index >= 15 is 0 Å². The van der Waals surface area contributed by atoms with Gasteiger partial charge < -0.3 is 10.8 Å². The van der Waals surface area contributed by atoms with E-state index in [4.69, 9.17) is 10.8 Å². The van der Waals surface area contributed by atoms with Gasteiger partial charge in [-0.1, -0.05) is 6.07 Å². The molecule has 1 aromatic heterocycles. The molecule has 0 aliphatic rings. The Hall–Kier alpha value is -1.42. The summed E-state index contributed by atoms with van der Waals surface area (Å²) in [6, 6.07) is 3.40. The van der Waals surface area contributed by atoms with Gasteiger partial charge in [-0.2, -0.15) is 0 Å². The van der Waals surface area contributed by atoms with Gasteiger partial charge in [0.25, 0.3) is 0 Å². The maximum absolute atomic E-state index is 10.6. The van der Waals surface area contributed by atoms with Crippen LogP contribution >= 0.6 is 0 Å². The molecule has 1 atom stereocenters. The van der Waals surface area contributed by atoms with Crippen molar-refractivity contribution >= 4 is 5.97 Å². The maximum Gasteiger partial charge on any atom is 0.312 e. The van der Waals surface area contributed by atoms with Gasteiger partial charge >= 0.3 is 5.97 Å². The van der Waals surface area contributed by atoms with Gasteiger partial charge in [-0.05, 0) is 11.6 Å². The third-order valence-corrected chi connectivity index (χ3v) is 1.62. The standard InChI is InChI=1S/C8H10N2O2/c9-4-7(8(11)12)6-2-1-3-10-5-6/h1-3,5,7H,4,9H2,(H,11,12)/t7-/m0/s1. The van der Waals surface area contributed by atoms with Crippen LogP contribution in [-0.2, 0) is 4.79 Å². The number of hydrogen-bond acceptors (Lipinski definition) is 3. The Morgan fingerprint density at radius 1 is 1.75 bits per heavy atom. The number of rotatable bonds is 3. The average molecular weight is 166 g/mol. The summed E-state index contributed by atoms with van der Waals surface area (Å²) in [4.78, 5) is 14.4. The van der Waals surface area contributed by atoms with E-state index in [0.717, 1.165) is 0 Å². The molecule has 64 valence electrons. The molecule has 0 radical (unpaired) electrons. The van der Waals surface area contributed by atoms with Crippen LogP contribution in [-0.4, -0.2) is 22.6 Å². The topological polar surface area (TPSA) is 76.2 Å². The summed E-state index contributed by atoms with van der Waals surface area (Å²) in [7, 11) is 0. The molecular formula is C8H10N2O2. The summed E-state index contributed by atoms with van der Waals surface area (Å²) >= 11 is 0. The zero-order valence-corrected chi connectivity index (χ0v) is 6.47. The van der Waals surface area contributed by atoms with Gasteiger partial charge in [-0.3, -0.25) is 9.78 Å². The Kier molecular flexibility index (Phi) is 2.76. The van der Waals surface area contributed by atoms with Crippen molar-refractivity contribution in [2.75, 3.05) is 6.54 Å². The largest absolute Gasteiger partial charge is 0.481 e. The molecule has 0 saturated heterocycles. The predicted molar refractivity (Wildman–Crippen MR) is 43.7 cm³/mol. The first-order valence-electron chi connectivity index (χ1n) is 3.58. The van der Waals surface area contributed by atoms with Crippen molar-refractivity contribution in [1.82, 2.24) is 4.98 Å². The molecule has 0 aromatic carbocycles. The fraction of sp³-hybridized carbons (Fsp3) is 0.250. The van der Waals surface area contributed by atoms with E-state index in [1.54, 1.807) is 18.3 Å². The van der Waals surface area contributed by atoms with E-state index in [2.05, 4.69) is 4.98 Å². The Balaban J connectivity index is 2.88. The third kappa shape index (κ3) is 1.79. The molecule has 0 fully saturated rings. The highest BCUT2D eigenvalue weighted by molar-refractivity contribution is 5.76. The Morgan fingerprint density at radius 2 is 2.50 bits per heavy atom. The molecule has 3 N–H and O–H groups in total. The number of carboxylic acid groups (broad SMARTS) is 1. The van der Waals surface area contributed by atoms with Crippen LogP contribution in [0.1, 0.15) is 11.5 Å². The zero-order valence-electron chi connectivity index (χ0n) is 6.47. The lowest BCUT2D eigenvalue weighted by atomic mass is 10.0. The second-order valence-electron chi connectivity index (χ2n) is 2.41. The highest BCUT2D eigenvalue weighted by atomic mass is 16.4. The van der Waals surface area contributed by atoms with Crippen LogP contribution in [0.25, 0.3) is 0 Å². The molecule has 4 nitrogen and oxygen atoms in total. The van der Waals surface area contributed by atoms with Crippen molar-refractivity contribution < 1.29 is 9.90 Å². The molecule has 0 unspecified atom stereocenters. The van der Waals surface area contributed by atoms with Crippen LogP contribution in [0.3, 0.4) is 0 Å². The van der Waals surface area contributed by atoms with Gasteiger partial charge in [0.1, 0.15) is 0 Å². The number of carbonyl (C=O) groups is 1. The smallest absolute Gasteiger partial charge is 0.312 e. The number of nitrogens with zero attached hydrogens (tertiary/aromatic N) is 1. The Bertz CT molecular complexity index is 261. The summed E-state index contributed by atoms with van der Waals surface area (Å²) in [6.45, 7) is 0.0982. The molecule has 0 saturated carbocycles. The van der Waals surface area contributed by atoms with Crippen molar-refractivity contribution in [1.29, 1.82) is 0 Å². The lowest BCUT2D eigenvalue weighted by molar-refractivity contribution is -0.138. The minimum absolute atomic E-state index is 0.0982. The number of pyridine rings is 1. The molecule has 4 heteroatoms. The van der Waals surface area contributed by atoms with Gasteiger partial charge in [-0.25, -0.2) is 0 Å². The molecule has 0 aliphatic carbocycles. The minimum Gasteiger partial charge on any atom is -0.481 e. The molecule has 1 aromatic rings. The van der Waals surface area contributed by atoms with E-state index in [-0.39, 0.29) is 6.54 Å². The first kappa shape index (κ1) is 8.67. The Labute approximate surface area is 70.0 Å². The normalized spacial score (nSPS) is 12.4. The Morgan fingerprint density at radius 3 is 2.92 bits per heavy atom. The monoisotopic (exact) mass is 166 g/mol. The van der Waals surface area contributed by atoms with Crippen LogP contribution in [0.2, 0.25) is 0 Å². The van der Waals surface area contributed by atoms with E-state index in [0.29, 0.717) is 5.56 Å². The molecule has 0 amide bonds. The molecule has 1 rings (SSSR count). The number of carboxylic acids is 1. The van der Waals surface area contributed by atoms with Crippen molar-refractivity contribution in [3.05, 3.63) is 30.1 Å². The third-order valence-electron chi connectivity index (χ3n) is 1.62. The quantitative estimate of drug-likeness (QED) is 0.672. The molecule has 12 heavy (non-hydrogen) atoms. The molecule has 1 heterocycles. The van der Waals surface area contributed by atoms with Crippen LogP contribution in [0.5, 0.6) is 0 Å². The van der Waals surface area contributed by atoms with Gasteiger partial charge in [0.05, 0.1) is 5.92 Å². The summed E-state index contributed by atoms with van der Waals surface area (Å²) < 4.78 is 0. The summed E-state index contributed by atoms with van der Waals surface area (Å²) in [5.74, 6) is -1.55. The minimum atomic E-state index is -0.912. The lowest BCUT2D eigenvalue weighted by Gasteiger charge is -2.07. The number of aliphatic carboxylic acids is 1. The molecule has 0 bridgehead atoms. The van der Waals surface area contributed by atoms with Crippen LogP contribution in [0, 0.1) is 0 Å². The van der Waals surface area contributed by atoms with Gasteiger partial charge in [0.15, 0.2) is 0 Å². The molecule has 0 spiro atoms. The van der Waals surface area contributed by atoms with Crippen LogP contribution in [0.15, 0.2) is 24.5 Å². The molecule has 0 aliphatic heterocycles. The lowest BCUT2D eigenvalue weighted by Crippen LogP contribution is -2.21. The average Bonchev–Trinajstić information content (AvgIpc) is 2.07. The predicted octanol–water partition coefficient (Wildman–Crippen LogP) is 0.208. The van der Waals surface area contributed by atoms with E-state index < -0.39 is 11.9 Å². The van der Waals surface area contributed by atoms with Crippen molar-refractivity contribution in [3.8, 4) is 0 Å². The van der Waals surface area contributed by atoms with E-state index in [1.807, 2.05) is 0 Å². The van der Waals surface area contributed by atoms with Crippen LogP contribution in [0.4, 0.5) is 0 Å². The zero-order chi connectivity index (χ0) is 8.97. The van der Waals surface area contributed by atoms with Crippen molar-refractivity contribution in [2.24, 2.45) is 5.73 Å². The first-order chi connectivity index (χ1) is 5.75. The second-order valence-corrected chi connectivity index (χ2v) is 2.41. The van der Waals surface area contributed by atoms with Crippen LogP contribution < -0.4 is 5.73 Å². The fourth-order valence-corrected chi connectivity index (χ4v) is 0.962. The summed E-state index contributed by atoms with van der Waals surface area (Å²) in [5.41, 5.74) is 5.94. The summed E-state index contributed by atoms with van der Waals surface area (Å²) in [5, 5.41) is 8.72. The first-order valence-corrected chi connectivity index (χ1v) is 3.58. The van der Waals surface area contributed by atoms with Gasteiger partial charge in [-0.15, -0.1) is 0 Å². The highest BCUT2D eigenvalue weighted by Gasteiger charge is 2.17. The number of hydrogen-bond donors (Lipinski definition) is 2. The second kappa shape index (κ2) is 3.82. The van der Waals surface area contributed by atoms with Gasteiger partial charge in [0, 0.05) is 18.9 Å². The van der Waals surface area contributed by atoms with E-state index in [1.165, 1.54) is 6.20 Å². The highest BCUT2D eigenvalue weighted by Crippen LogP contribution is 2.12. The van der Waals surface area contributed by atoms with E-state index in [9.17, 15) is 4.79 Å². The maximum atomic E-state index is 10.6. The van der Waals surface area contributed by atoms with Crippen molar-refractivity contribution in [2.45, 2.75) is 5.92 Å². The number of aromatic nitrogens is 1. The fourth-order valence-electron chi connectivity index (χ4n) is 0.962. The van der Waals surface area contributed by atoms with Crippen molar-refractivity contribution in [3.63, 3.8) is 0 Å². The van der Waals surface area contributed by atoms with Gasteiger partial charge in [0.2, 0.25) is 0 Å².